The van der Waals surface area contributed by atoms with E-state index >= 15 is 0 Å². The molecular formula is C21H13ClFN3O3S2. The average Bonchev–Trinajstić information content (AvgIpc) is 3.25. The summed E-state index contributed by atoms with van der Waals surface area (Å²) in [7, 11) is 0. The van der Waals surface area contributed by atoms with Crippen LogP contribution in [0.2, 0.25) is 5.02 Å². The maximum atomic E-state index is 13.3. The zero-order valence-electron chi connectivity index (χ0n) is 15.7. The summed E-state index contributed by atoms with van der Waals surface area (Å²) in [6, 6.07) is 12.9. The normalized spacial score (nSPS) is 15.2. The second kappa shape index (κ2) is 8.62. The summed E-state index contributed by atoms with van der Waals surface area (Å²) in [5.74, 6) is -2.00. The minimum atomic E-state index is -1.15. The van der Waals surface area contributed by atoms with Crippen molar-refractivity contribution in [3.8, 4) is 16.9 Å². The van der Waals surface area contributed by atoms with E-state index in [9.17, 15) is 14.0 Å². The molecule has 0 aliphatic carbocycles. The molecule has 0 spiro atoms. The maximum Gasteiger partial charge on any atom is 0.323 e. The van der Waals surface area contributed by atoms with Crippen molar-refractivity contribution in [3.63, 3.8) is 0 Å². The van der Waals surface area contributed by atoms with Crippen molar-refractivity contribution in [2.24, 2.45) is 0 Å². The van der Waals surface area contributed by atoms with Crippen molar-refractivity contribution in [2.75, 3.05) is 6.54 Å². The lowest BCUT2D eigenvalue weighted by Gasteiger charge is -2.10. The number of aliphatic carboxylic acids is 1. The predicted octanol–water partition coefficient (Wildman–Crippen LogP) is 4.62. The predicted molar refractivity (Wildman–Crippen MR) is 121 cm³/mol. The highest BCUT2D eigenvalue weighted by atomic mass is 35.5. The van der Waals surface area contributed by atoms with Gasteiger partial charge in [-0.15, -0.1) is 0 Å². The maximum absolute atomic E-state index is 13.3. The first-order chi connectivity index (χ1) is 14.8. The Morgan fingerprint density at radius 2 is 2.00 bits per heavy atom. The first-order valence-electron chi connectivity index (χ1n) is 8.90. The minimum Gasteiger partial charge on any atom is -0.480 e. The molecule has 1 aromatic heterocycles. The lowest BCUT2D eigenvalue weighted by molar-refractivity contribution is -0.140. The van der Waals surface area contributed by atoms with E-state index in [1.54, 1.807) is 47.3 Å². The first kappa shape index (κ1) is 21.2. The van der Waals surface area contributed by atoms with E-state index in [1.165, 1.54) is 12.1 Å². The second-order valence-corrected chi connectivity index (χ2v) is 8.64. The van der Waals surface area contributed by atoms with Gasteiger partial charge in [0.05, 0.1) is 10.6 Å². The van der Waals surface area contributed by atoms with Gasteiger partial charge in [-0.25, -0.2) is 9.07 Å². The van der Waals surface area contributed by atoms with Gasteiger partial charge in [0.15, 0.2) is 0 Å². The van der Waals surface area contributed by atoms with Crippen LogP contribution in [0.3, 0.4) is 0 Å². The van der Waals surface area contributed by atoms with Crippen molar-refractivity contribution >= 4 is 57.9 Å². The number of thiocarbonyl (C=S) groups is 1. The molecule has 0 atom stereocenters. The third-order valence-corrected chi connectivity index (χ3v) is 6.00. The fourth-order valence-electron chi connectivity index (χ4n) is 2.99. The fourth-order valence-corrected chi connectivity index (χ4v) is 4.43. The summed E-state index contributed by atoms with van der Waals surface area (Å²) in [4.78, 5) is 25.0. The number of aromatic nitrogens is 2. The van der Waals surface area contributed by atoms with Crippen LogP contribution in [0.1, 0.15) is 5.56 Å². The smallest absolute Gasteiger partial charge is 0.323 e. The Bertz CT molecular complexity index is 1240. The molecule has 2 heterocycles. The average molecular weight is 474 g/mol. The Labute approximate surface area is 190 Å². The lowest BCUT2D eigenvalue weighted by Crippen LogP contribution is -2.33. The number of nitrogens with zero attached hydrogens (tertiary/aromatic N) is 3. The van der Waals surface area contributed by atoms with E-state index < -0.39 is 18.4 Å². The zero-order valence-corrected chi connectivity index (χ0v) is 18.0. The van der Waals surface area contributed by atoms with Gasteiger partial charge in [-0.2, -0.15) is 5.10 Å². The van der Waals surface area contributed by atoms with Gasteiger partial charge in [-0.1, -0.05) is 47.7 Å². The molecule has 0 saturated carbocycles. The van der Waals surface area contributed by atoms with Gasteiger partial charge in [0, 0.05) is 22.3 Å². The number of hydrogen-bond donors (Lipinski definition) is 1. The van der Waals surface area contributed by atoms with Crippen LogP contribution in [-0.4, -0.2) is 42.5 Å². The molecule has 1 fully saturated rings. The molecule has 156 valence electrons. The molecule has 3 aromatic rings. The number of carboxylic acids is 1. The summed E-state index contributed by atoms with van der Waals surface area (Å²) in [6.07, 6.45) is 3.32. The number of carbonyl (C=O) groups is 2. The van der Waals surface area contributed by atoms with E-state index in [0.29, 0.717) is 22.0 Å². The molecule has 0 bridgehead atoms. The van der Waals surface area contributed by atoms with Gasteiger partial charge in [0.2, 0.25) is 0 Å². The molecule has 1 saturated heterocycles. The number of benzene rings is 2. The van der Waals surface area contributed by atoms with Crippen molar-refractivity contribution in [1.29, 1.82) is 0 Å². The third-order valence-electron chi connectivity index (χ3n) is 4.39. The Morgan fingerprint density at radius 1 is 1.26 bits per heavy atom. The largest absolute Gasteiger partial charge is 0.480 e. The Hall–Kier alpha value is -3.01. The van der Waals surface area contributed by atoms with Gasteiger partial charge in [-0.05, 0) is 42.5 Å². The van der Waals surface area contributed by atoms with Crippen LogP contribution in [0.15, 0.2) is 59.6 Å². The van der Waals surface area contributed by atoms with Crippen molar-refractivity contribution in [2.45, 2.75) is 0 Å². The zero-order chi connectivity index (χ0) is 22.1. The molecule has 0 unspecified atom stereocenters. The van der Waals surface area contributed by atoms with Crippen molar-refractivity contribution in [3.05, 3.63) is 76.0 Å². The minimum absolute atomic E-state index is 0.175. The SMILES string of the molecule is O=C(O)CN1C(=O)C(=Cc2cn(-c3ccc(F)cc3)nc2-c2cccc(Cl)c2)SC1=S. The van der Waals surface area contributed by atoms with E-state index in [4.69, 9.17) is 28.9 Å². The summed E-state index contributed by atoms with van der Waals surface area (Å²) >= 11 is 12.3. The summed E-state index contributed by atoms with van der Waals surface area (Å²) in [5, 5.41) is 14.1. The quantitative estimate of drug-likeness (QED) is 0.430. The van der Waals surface area contributed by atoms with Crippen LogP contribution < -0.4 is 0 Å². The topological polar surface area (TPSA) is 75.4 Å². The first-order valence-corrected chi connectivity index (χ1v) is 10.5. The Balaban J connectivity index is 1.80. The van der Waals surface area contributed by atoms with Crippen LogP contribution in [0.25, 0.3) is 23.0 Å². The molecule has 4 rings (SSSR count). The van der Waals surface area contributed by atoms with E-state index in [2.05, 4.69) is 5.10 Å². The van der Waals surface area contributed by atoms with Crippen LogP contribution >= 0.6 is 35.6 Å². The van der Waals surface area contributed by atoms with E-state index in [0.717, 1.165) is 22.2 Å². The standard InChI is InChI=1S/C21H13ClFN3O3S2/c22-14-3-1-2-12(8-14)19-13(10-26(24-19)16-6-4-15(23)5-7-16)9-17-20(29)25(11-18(27)28)21(30)31-17/h1-10H,11H2,(H,27,28). The van der Waals surface area contributed by atoms with E-state index in [1.807, 2.05) is 6.07 Å². The molecule has 6 nitrogen and oxygen atoms in total. The second-order valence-electron chi connectivity index (χ2n) is 6.53. The van der Waals surface area contributed by atoms with Crippen molar-refractivity contribution < 1.29 is 19.1 Å². The summed E-state index contributed by atoms with van der Waals surface area (Å²) in [6.45, 7) is -0.502. The molecule has 1 N–H and O–H groups in total. The van der Waals surface area contributed by atoms with Crippen LogP contribution in [0, 0.1) is 5.82 Å². The van der Waals surface area contributed by atoms with Crippen molar-refractivity contribution in [1.82, 2.24) is 14.7 Å². The monoisotopic (exact) mass is 473 g/mol. The van der Waals surface area contributed by atoms with Gasteiger partial charge in [0.25, 0.3) is 5.91 Å². The highest BCUT2D eigenvalue weighted by Crippen LogP contribution is 2.35. The number of halogens is 2. The highest BCUT2D eigenvalue weighted by Gasteiger charge is 2.33. The van der Waals surface area contributed by atoms with Gasteiger partial charge >= 0.3 is 5.97 Å². The third kappa shape index (κ3) is 4.53. The molecular weight excluding hydrogens is 461 g/mol. The van der Waals surface area contributed by atoms with Crippen LogP contribution in [0.4, 0.5) is 4.39 Å². The molecule has 1 amide bonds. The van der Waals surface area contributed by atoms with Gasteiger partial charge in [0.1, 0.15) is 22.4 Å². The summed E-state index contributed by atoms with van der Waals surface area (Å²) < 4.78 is 15.1. The lowest BCUT2D eigenvalue weighted by atomic mass is 10.1. The number of amides is 1. The Morgan fingerprint density at radius 3 is 2.68 bits per heavy atom. The number of carboxylic acid groups (broad SMARTS) is 1. The van der Waals surface area contributed by atoms with E-state index in [-0.39, 0.29) is 15.0 Å². The molecule has 1 aliphatic heterocycles. The van der Waals surface area contributed by atoms with Crippen LogP contribution in [0.5, 0.6) is 0 Å². The molecule has 2 aromatic carbocycles. The molecule has 0 radical (unpaired) electrons. The Kier molecular flexibility index (Phi) is 5.90. The van der Waals surface area contributed by atoms with Gasteiger partial charge < -0.3 is 5.11 Å². The molecule has 31 heavy (non-hydrogen) atoms. The summed E-state index contributed by atoms with van der Waals surface area (Å²) in [5.41, 5.74) is 2.50. The van der Waals surface area contributed by atoms with Gasteiger partial charge in [-0.3, -0.25) is 14.5 Å². The molecule has 10 heteroatoms. The van der Waals surface area contributed by atoms with Crippen LogP contribution in [-0.2, 0) is 9.59 Å². The number of hydrogen-bond acceptors (Lipinski definition) is 5. The molecule has 1 aliphatic rings. The number of carbonyl (C=O) groups excluding carboxylic acids is 1. The fraction of sp³-hybridized carbons (Fsp3) is 0.0476. The number of rotatable bonds is 5. The number of thioether (sulfide) groups is 1. The highest BCUT2D eigenvalue weighted by molar-refractivity contribution is 8.26.